The van der Waals surface area contributed by atoms with Crippen molar-refractivity contribution < 1.29 is 33.3 Å². The molecule has 1 heterocycles. The number of aryl methyl sites for hydroxylation is 1. The number of ether oxygens (including phenoxy) is 4. The number of esters is 1. The summed E-state index contributed by atoms with van der Waals surface area (Å²) in [5.74, 6) is -0.160. The lowest BCUT2D eigenvalue weighted by Gasteiger charge is -2.14. The summed E-state index contributed by atoms with van der Waals surface area (Å²) in [6.07, 6.45) is 1.71. The number of nitrogens with one attached hydrogen (secondary N) is 2. The van der Waals surface area contributed by atoms with Gasteiger partial charge in [-0.3, -0.25) is 9.59 Å². The van der Waals surface area contributed by atoms with Gasteiger partial charge in [0.1, 0.15) is 5.00 Å². The third kappa shape index (κ3) is 5.13. The van der Waals surface area contributed by atoms with Crippen molar-refractivity contribution in [1.82, 2.24) is 0 Å². The second kappa shape index (κ2) is 9.90. The van der Waals surface area contributed by atoms with Crippen LogP contribution in [0.2, 0.25) is 0 Å². The van der Waals surface area contributed by atoms with Gasteiger partial charge in [0, 0.05) is 28.6 Å². The van der Waals surface area contributed by atoms with Crippen molar-refractivity contribution in [2.24, 2.45) is 5.92 Å². The fraction of sp³-hybridized carbons (Fsp3) is 0.409. The summed E-state index contributed by atoms with van der Waals surface area (Å²) in [5, 5.41) is 5.91. The van der Waals surface area contributed by atoms with E-state index in [1.165, 1.54) is 32.7 Å². The van der Waals surface area contributed by atoms with Gasteiger partial charge in [0.25, 0.3) is 5.91 Å². The molecule has 0 unspecified atom stereocenters. The molecule has 32 heavy (non-hydrogen) atoms. The van der Waals surface area contributed by atoms with Crippen LogP contribution in [0.1, 0.15) is 33.6 Å². The van der Waals surface area contributed by atoms with Gasteiger partial charge in [-0.05, 0) is 32.3 Å². The van der Waals surface area contributed by atoms with E-state index in [1.54, 1.807) is 19.1 Å². The van der Waals surface area contributed by atoms with Crippen LogP contribution in [-0.4, -0.2) is 45.7 Å². The smallest absolute Gasteiger partial charge is 0.341 e. The highest BCUT2D eigenvalue weighted by Gasteiger charge is 2.32. The molecule has 1 aliphatic rings. The van der Waals surface area contributed by atoms with Crippen molar-refractivity contribution in [3.63, 3.8) is 0 Å². The zero-order valence-corrected chi connectivity index (χ0v) is 19.4. The van der Waals surface area contributed by atoms with Gasteiger partial charge in [-0.15, -0.1) is 11.3 Å². The molecular formula is C22H26N2O7S. The third-order valence-corrected chi connectivity index (χ3v) is 6.18. The summed E-state index contributed by atoms with van der Waals surface area (Å²) in [5.41, 5.74) is 1.39. The quantitative estimate of drug-likeness (QED) is 0.548. The molecule has 1 saturated carbocycles. The minimum Gasteiger partial charge on any atom is -0.493 e. The first-order valence-corrected chi connectivity index (χ1v) is 10.8. The molecule has 0 spiro atoms. The Labute approximate surface area is 190 Å². The molecule has 1 fully saturated rings. The minimum absolute atomic E-state index is 0.00541. The largest absolute Gasteiger partial charge is 0.493 e. The molecular weight excluding hydrogens is 436 g/mol. The van der Waals surface area contributed by atoms with E-state index in [1.807, 2.05) is 6.92 Å². The molecule has 2 N–H and O–H groups in total. The molecule has 172 valence electrons. The minimum atomic E-state index is -0.669. The number of anilines is 2. The van der Waals surface area contributed by atoms with Crippen LogP contribution in [0.15, 0.2) is 12.1 Å². The Morgan fingerprint density at radius 2 is 1.62 bits per heavy atom. The molecule has 2 aromatic rings. The Kier molecular flexibility index (Phi) is 7.24. The van der Waals surface area contributed by atoms with Crippen LogP contribution in [0.3, 0.4) is 0 Å². The van der Waals surface area contributed by atoms with Crippen LogP contribution < -0.4 is 24.8 Å². The molecule has 10 heteroatoms. The standard InChI is InChI=1S/C22H26N2O7S/c1-11-12(2)32-21(24-20(26)13-6-7-13)18(11)22(27)31-10-17(25)23-14-8-15(28-3)19(30-5)16(9-14)29-4/h8-9,13H,6-7,10H2,1-5H3,(H,23,25)(H,24,26). The Balaban J connectivity index is 1.67. The predicted molar refractivity (Wildman–Crippen MR) is 120 cm³/mol. The first-order valence-electron chi connectivity index (χ1n) is 9.96. The van der Waals surface area contributed by atoms with Gasteiger partial charge in [0.05, 0.1) is 26.9 Å². The molecule has 9 nitrogen and oxygen atoms in total. The second-order valence-electron chi connectivity index (χ2n) is 7.29. The summed E-state index contributed by atoms with van der Waals surface area (Å²) in [6.45, 7) is 3.14. The number of rotatable bonds is 9. The fourth-order valence-corrected chi connectivity index (χ4v) is 4.13. The Bertz CT molecular complexity index is 1020. The number of benzene rings is 1. The summed E-state index contributed by atoms with van der Waals surface area (Å²) in [7, 11) is 4.42. The number of hydrogen-bond acceptors (Lipinski definition) is 8. The molecule has 1 aliphatic carbocycles. The third-order valence-electron chi connectivity index (χ3n) is 5.06. The highest BCUT2D eigenvalue weighted by Crippen LogP contribution is 2.40. The molecule has 0 bridgehead atoms. The van der Waals surface area contributed by atoms with Gasteiger partial charge < -0.3 is 29.6 Å². The van der Waals surface area contributed by atoms with Crippen LogP contribution in [0.4, 0.5) is 10.7 Å². The number of thiophene rings is 1. The molecule has 0 atom stereocenters. The lowest BCUT2D eigenvalue weighted by Crippen LogP contribution is -2.22. The Morgan fingerprint density at radius 3 is 2.16 bits per heavy atom. The van der Waals surface area contributed by atoms with Crippen molar-refractivity contribution in [1.29, 1.82) is 0 Å². The van der Waals surface area contributed by atoms with Crippen LogP contribution >= 0.6 is 11.3 Å². The average Bonchev–Trinajstić information content (AvgIpc) is 3.58. The number of carbonyl (C=O) groups excluding carboxylic acids is 3. The van der Waals surface area contributed by atoms with E-state index in [2.05, 4.69) is 10.6 Å². The van der Waals surface area contributed by atoms with E-state index in [4.69, 9.17) is 18.9 Å². The zero-order chi connectivity index (χ0) is 23.4. The van der Waals surface area contributed by atoms with E-state index in [9.17, 15) is 14.4 Å². The van der Waals surface area contributed by atoms with Crippen molar-refractivity contribution in [3.05, 3.63) is 28.1 Å². The number of methoxy groups -OCH3 is 3. The molecule has 0 aliphatic heterocycles. The maximum absolute atomic E-state index is 12.7. The van der Waals surface area contributed by atoms with E-state index in [-0.39, 0.29) is 17.4 Å². The van der Waals surface area contributed by atoms with Gasteiger partial charge in [0.15, 0.2) is 18.1 Å². The number of amides is 2. The van der Waals surface area contributed by atoms with Crippen LogP contribution in [-0.2, 0) is 14.3 Å². The zero-order valence-electron chi connectivity index (χ0n) is 18.6. The lowest BCUT2D eigenvalue weighted by molar-refractivity contribution is -0.119. The van der Waals surface area contributed by atoms with Crippen molar-refractivity contribution >= 4 is 39.8 Å². The van der Waals surface area contributed by atoms with Crippen molar-refractivity contribution in [2.45, 2.75) is 26.7 Å². The van der Waals surface area contributed by atoms with E-state index in [0.29, 0.717) is 27.9 Å². The van der Waals surface area contributed by atoms with Crippen molar-refractivity contribution in [3.8, 4) is 17.2 Å². The van der Waals surface area contributed by atoms with Gasteiger partial charge in [-0.1, -0.05) is 0 Å². The van der Waals surface area contributed by atoms with E-state index < -0.39 is 18.5 Å². The van der Waals surface area contributed by atoms with Gasteiger partial charge in [0.2, 0.25) is 11.7 Å². The average molecular weight is 463 g/mol. The normalized spacial score (nSPS) is 12.7. The molecule has 0 saturated heterocycles. The molecule has 3 rings (SSSR count). The van der Waals surface area contributed by atoms with Gasteiger partial charge in [-0.2, -0.15) is 0 Å². The van der Waals surface area contributed by atoms with Gasteiger partial charge >= 0.3 is 5.97 Å². The van der Waals surface area contributed by atoms with E-state index in [0.717, 1.165) is 23.3 Å². The first kappa shape index (κ1) is 23.4. The summed E-state index contributed by atoms with van der Waals surface area (Å²) in [6, 6.07) is 3.14. The summed E-state index contributed by atoms with van der Waals surface area (Å²) >= 11 is 1.32. The van der Waals surface area contributed by atoms with Crippen LogP contribution in [0.25, 0.3) is 0 Å². The highest BCUT2D eigenvalue weighted by molar-refractivity contribution is 7.16. The maximum atomic E-state index is 12.7. The number of hydrogen-bond donors (Lipinski definition) is 2. The van der Waals surface area contributed by atoms with Crippen LogP contribution in [0.5, 0.6) is 17.2 Å². The molecule has 0 radical (unpaired) electrons. The number of carbonyl (C=O) groups is 3. The summed E-state index contributed by atoms with van der Waals surface area (Å²) < 4.78 is 21.0. The van der Waals surface area contributed by atoms with Gasteiger partial charge in [-0.25, -0.2) is 4.79 Å². The second-order valence-corrected chi connectivity index (χ2v) is 8.51. The van der Waals surface area contributed by atoms with E-state index >= 15 is 0 Å². The lowest BCUT2D eigenvalue weighted by atomic mass is 10.1. The fourth-order valence-electron chi connectivity index (χ4n) is 3.07. The van der Waals surface area contributed by atoms with Crippen LogP contribution in [0, 0.1) is 19.8 Å². The SMILES string of the molecule is COc1cc(NC(=O)COC(=O)c2c(NC(=O)C3CC3)sc(C)c2C)cc(OC)c1OC. The topological polar surface area (TPSA) is 112 Å². The Hall–Kier alpha value is -3.27. The highest BCUT2D eigenvalue weighted by atomic mass is 32.1. The maximum Gasteiger partial charge on any atom is 0.341 e. The molecule has 1 aromatic carbocycles. The Morgan fingerprint density at radius 1 is 1.00 bits per heavy atom. The first-order chi connectivity index (χ1) is 15.3. The summed E-state index contributed by atoms with van der Waals surface area (Å²) in [4.78, 5) is 38.1. The van der Waals surface area contributed by atoms with Crippen molar-refractivity contribution in [2.75, 3.05) is 38.6 Å². The molecule has 2 amide bonds. The monoisotopic (exact) mass is 462 g/mol. The predicted octanol–water partition coefficient (Wildman–Crippen LogP) is 3.53. The molecule has 1 aromatic heterocycles.